The van der Waals surface area contributed by atoms with Gasteiger partial charge in [-0.1, -0.05) is 22.0 Å². The van der Waals surface area contributed by atoms with Gasteiger partial charge < -0.3 is 9.79 Å². The Labute approximate surface area is 137 Å². The summed E-state index contributed by atoms with van der Waals surface area (Å²) in [6.45, 7) is 1.19. The fraction of sp³-hybridized carbons (Fsp3) is 0.615. The van der Waals surface area contributed by atoms with Crippen molar-refractivity contribution in [2.45, 2.75) is 40.0 Å². The second-order valence-electron chi connectivity index (χ2n) is 5.75. The van der Waals surface area contributed by atoms with E-state index in [4.69, 9.17) is 0 Å². The lowest BCUT2D eigenvalue weighted by Crippen LogP contribution is -2.20. The third kappa shape index (κ3) is 2.40. The summed E-state index contributed by atoms with van der Waals surface area (Å²) in [5.41, 5.74) is 1.21. The minimum Gasteiger partial charge on any atom is -0.340 e. The Morgan fingerprint density at radius 2 is 2.40 bits per heavy atom. The lowest BCUT2D eigenvalue weighted by molar-refractivity contribution is 0.418. The molecule has 4 heterocycles. The smallest absolute Gasteiger partial charge is 0.186 e. The highest BCUT2D eigenvalue weighted by atomic mass is 79.9. The summed E-state index contributed by atoms with van der Waals surface area (Å²) >= 11 is 7.78. The van der Waals surface area contributed by atoms with Crippen LogP contribution in [0, 0.1) is 0 Å². The molecule has 3 aliphatic rings. The highest BCUT2D eigenvalue weighted by Gasteiger charge is 2.38. The van der Waals surface area contributed by atoms with Crippen molar-refractivity contribution in [1.82, 2.24) is 14.8 Å². The Bertz CT molecular complexity index is 549. The van der Waals surface area contributed by atoms with Crippen LogP contribution in [0.2, 0.25) is 0 Å². The van der Waals surface area contributed by atoms with Crippen LogP contribution in [0.4, 0.5) is 0 Å². The summed E-state index contributed by atoms with van der Waals surface area (Å²) in [6, 6.07) is 0.483. The summed E-state index contributed by atoms with van der Waals surface area (Å²) < 4.78 is 0.632. The summed E-state index contributed by atoms with van der Waals surface area (Å²) in [5, 5.41) is 1.40. The maximum Gasteiger partial charge on any atom is 0.186 e. The van der Waals surface area contributed by atoms with Gasteiger partial charge in [0.2, 0.25) is 0 Å². The van der Waals surface area contributed by atoms with Crippen molar-refractivity contribution in [2.24, 2.45) is 0 Å². The van der Waals surface area contributed by atoms with Crippen molar-refractivity contribution in [3.8, 4) is 0 Å². The summed E-state index contributed by atoms with van der Waals surface area (Å²) in [7, 11) is 2.20. The van der Waals surface area contributed by atoms with Crippen LogP contribution in [0.25, 0.3) is 4.91 Å². The monoisotopic (exact) mass is 369 g/mol. The molecular formula is C13H17BBrN3S2. The van der Waals surface area contributed by atoms with E-state index in [9.17, 15) is 0 Å². The molecule has 1 N–H and O–H groups in total. The van der Waals surface area contributed by atoms with Crippen LogP contribution in [0.3, 0.4) is 0 Å². The van der Waals surface area contributed by atoms with Crippen molar-refractivity contribution < 1.29 is 0 Å². The van der Waals surface area contributed by atoms with E-state index in [0.29, 0.717) is 15.5 Å². The molecule has 4 rings (SSSR count). The van der Waals surface area contributed by atoms with Crippen LogP contribution in [-0.4, -0.2) is 44.0 Å². The lowest BCUT2D eigenvalue weighted by Gasteiger charge is -2.17. The number of H-pyrrole nitrogens is 1. The number of nitrogens with zero attached hydrogens (tertiary/aromatic N) is 2. The average molecular weight is 370 g/mol. The molecule has 0 aromatic carbocycles. The van der Waals surface area contributed by atoms with E-state index < -0.39 is 0 Å². The number of fused-ring (bicyclic) bond motifs is 1. The molecule has 0 radical (unpaired) electrons. The molecule has 2 fully saturated rings. The molecule has 0 aliphatic carbocycles. The van der Waals surface area contributed by atoms with Gasteiger partial charge in [-0.25, -0.2) is 4.98 Å². The summed E-state index contributed by atoms with van der Waals surface area (Å²) in [5.74, 6) is 1.14. The molecule has 1 aromatic rings. The minimum atomic E-state index is 0.483. The molecule has 0 bridgehead atoms. The van der Waals surface area contributed by atoms with Gasteiger partial charge in [0.15, 0.2) is 7.98 Å². The number of alkyl halides is 1. The van der Waals surface area contributed by atoms with E-state index in [1.165, 1.54) is 36.4 Å². The van der Waals surface area contributed by atoms with Crippen LogP contribution in [-0.2, 0) is 0 Å². The molecule has 1 aromatic heterocycles. The summed E-state index contributed by atoms with van der Waals surface area (Å²) in [4.78, 5) is 12.0. The van der Waals surface area contributed by atoms with Crippen molar-refractivity contribution in [3.63, 3.8) is 0 Å². The largest absolute Gasteiger partial charge is 0.340 e. The topological polar surface area (TPSA) is 31.9 Å². The van der Waals surface area contributed by atoms with E-state index in [1.807, 2.05) is 29.7 Å². The number of hydrogen-bond acceptors (Lipinski definition) is 4. The molecule has 2 saturated heterocycles. The first-order valence-electron chi connectivity index (χ1n) is 7.14. The Morgan fingerprint density at radius 3 is 3.15 bits per heavy atom. The van der Waals surface area contributed by atoms with Crippen LogP contribution < -0.4 is 0 Å². The zero-order valence-electron chi connectivity index (χ0n) is 11.4. The maximum absolute atomic E-state index is 4.63. The number of aromatic amines is 1. The average Bonchev–Trinajstić information content (AvgIpc) is 3.09. The third-order valence-corrected chi connectivity index (χ3v) is 8.24. The molecule has 3 nitrogen and oxygen atoms in total. The van der Waals surface area contributed by atoms with Crippen molar-refractivity contribution in [2.75, 3.05) is 6.54 Å². The first-order chi connectivity index (χ1) is 9.70. The standard InChI is InChI=1S/C13H17BBrN3S2/c14-18-3-1-2-8(18)13-16-6-7(17-13)9-4-10-11(19-9)5-12(15)20-10/h4,6,8,10-12H,1-3,5,14H2,(H,16,17)/t8-,10?,11?,12?/m0/s1. The quantitative estimate of drug-likeness (QED) is 0.641. The van der Waals surface area contributed by atoms with Gasteiger partial charge in [-0.05, 0) is 25.8 Å². The normalized spacial score (nSPS) is 37.4. The Kier molecular flexibility index (Phi) is 3.73. The molecule has 3 aliphatic heterocycles. The van der Waals surface area contributed by atoms with Crippen LogP contribution >= 0.6 is 39.5 Å². The number of thioether (sulfide) groups is 2. The summed E-state index contributed by atoms with van der Waals surface area (Å²) in [6.07, 6.45) is 8.21. The Morgan fingerprint density at radius 1 is 1.50 bits per heavy atom. The third-order valence-electron chi connectivity index (χ3n) is 4.38. The van der Waals surface area contributed by atoms with E-state index in [1.54, 1.807) is 0 Å². The fourth-order valence-corrected chi connectivity index (χ4v) is 7.69. The predicted octanol–water partition coefficient (Wildman–Crippen LogP) is 2.78. The van der Waals surface area contributed by atoms with Gasteiger partial charge in [-0.3, -0.25) is 0 Å². The zero-order chi connectivity index (χ0) is 13.7. The number of aromatic nitrogens is 2. The molecule has 3 unspecified atom stereocenters. The van der Waals surface area contributed by atoms with E-state index in [0.717, 1.165) is 11.1 Å². The molecule has 106 valence electrons. The number of halogens is 1. The highest BCUT2D eigenvalue weighted by Crippen LogP contribution is 2.53. The van der Waals surface area contributed by atoms with Gasteiger partial charge in [-0.15, -0.1) is 23.5 Å². The van der Waals surface area contributed by atoms with E-state index in [-0.39, 0.29) is 0 Å². The van der Waals surface area contributed by atoms with Gasteiger partial charge in [0.1, 0.15) is 5.82 Å². The van der Waals surface area contributed by atoms with Crippen molar-refractivity contribution in [1.29, 1.82) is 0 Å². The molecule has 20 heavy (non-hydrogen) atoms. The van der Waals surface area contributed by atoms with Crippen LogP contribution in [0.15, 0.2) is 12.3 Å². The fourth-order valence-electron chi connectivity index (χ4n) is 3.28. The van der Waals surface area contributed by atoms with Gasteiger partial charge in [0.25, 0.3) is 0 Å². The Balaban J connectivity index is 1.53. The SMILES string of the molecule is BN1CCC[C@H]1c1ncc(C2=CC3SC(Br)CC3S2)[nH]1. The van der Waals surface area contributed by atoms with E-state index >= 15 is 0 Å². The molecule has 0 spiro atoms. The van der Waals surface area contributed by atoms with Crippen molar-refractivity contribution >= 4 is 52.3 Å². The van der Waals surface area contributed by atoms with Gasteiger partial charge in [0, 0.05) is 15.4 Å². The first-order valence-corrected chi connectivity index (χ1v) is 9.88. The lowest BCUT2D eigenvalue weighted by atomic mass is 10.2. The predicted molar refractivity (Wildman–Crippen MR) is 93.9 cm³/mol. The second kappa shape index (κ2) is 5.41. The second-order valence-corrected chi connectivity index (χ2v) is 10.1. The molecule has 0 saturated carbocycles. The number of hydrogen-bond donors (Lipinski definition) is 1. The van der Waals surface area contributed by atoms with Gasteiger partial charge >= 0.3 is 0 Å². The molecule has 4 atom stereocenters. The molecule has 0 amide bonds. The number of nitrogens with one attached hydrogen (secondary N) is 1. The number of imidazole rings is 1. The van der Waals surface area contributed by atoms with Gasteiger partial charge in [0.05, 0.1) is 22.1 Å². The number of rotatable bonds is 2. The maximum atomic E-state index is 4.63. The first kappa shape index (κ1) is 13.8. The zero-order valence-corrected chi connectivity index (χ0v) is 14.6. The van der Waals surface area contributed by atoms with Crippen LogP contribution in [0.5, 0.6) is 0 Å². The van der Waals surface area contributed by atoms with E-state index in [2.05, 4.69) is 44.8 Å². The minimum absolute atomic E-state index is 0.483. The van der Waals surface area contributed by atoms with Crippen LogP contribution in [0.1, 0.15) is 36.8 Å². The van der Waals surface area contributed by atoms with Gasteiger partial charge in [-0.2, -0.15) is 0 Å². The molecule has 7 heteroatoms. The highest BCUT2D eigenvalue weighted by molar-refractivity contribution is 9.11. The van der Waals surface area contributed by atoms with Crippen molar-refractivity contribution in [3.05, 3.63) is 23.8 Å². The Hall–Kier alpha value is 0.155. The molecular weight excluding hydrogens is 353 g/mol.